The Kier molecular flexibility index (Phi) is 3.88. The molecule has 0 aliphatic carbocycles. The number of hydrogen-bond donors (Lipinski definition) is 1. The van der Waals surface area contributed by atoms with E-state index >= 15 is 0 Å². The first-order chi connectivity index (χ1) is 6.45. The Balaban J connectivity index is 2.63. The van der Waals surface area contributed by atoms with Crippen molar-refractivity contribution in [2.24, 2.45) is 0 Å². The first kappa shape index (κ1) is 11.9. The Bertz CT molecular complexity index is 270. The van der Waals surface area contributed by atoms with E-state index in [1.165, 1.54) is 10.7 Å². The van der Waals surface area contributed by atoms with Crippen LogP contribution in [0.3, 0.4) is 0 Å². The van der Waals surface area contributed by atoms with Gasteiger partial charge in [0.05, 0.1) is 6.26 Å². The van der Waals surface area contributed by atoms with Crippen LogP contribution in [0.15, 0.2) is 0 Å². The van der Waals surface area contributed by atoms with Crippen molar-refractivity contribution in [3.8, 4) is 0 Å². The number of nitrogens with one attached hydrogen (secondary N) is 1. The van der Waals surface area contributed by atoms with Gasteiger partial charge in [0.25, 0.3) is 0 Å². The molecule has 0 amide bonds. The van der Waals surface area contributed by atoms with Crippen LogP contribution in [0.5, 0.6) is 0 Å². The van der Waals surface area contributed by atoms with E-state index in [9.17, 15) is 8.42 Å². The van der Waals surface area contributed by atoms with Gasteiger partial charge in [-0.2, -0.15) is 0 Å². The number of hydrogen-bond acceptors (Lipinski definition) is 4. The molecule has 5 nitrogen and oxygen atoms in total. The summed E-state index contributed by atoms with van der Waals surface area (Å²) in [5.41, 5.74) is 2.75. The normalized spacial score (nSPS) is 21.7. The van der Waals surface area contributed by atoms with E-state index in [1.807, 2.05) is 0 Å². The largest absolute Gasteiger partial charge is 0.306 e. The van der Waals surface area contributed by atoms with Gasteiger partial charge in [-0.05, 0) is 40.0 Å². The highest BCUT2D eigenvalue weighted by molar-refractivity contribution is 7.88. The molecule has 1 fully saturated rings. The molecule has 0 saturated carbocycles. The predicted molar refractivity (Wildman–Crippen MR) is 56.3 cm³/mol. The third-order valence-electron chi connectivity index (χ3n) is 2.60. The van der Waals surface area contributed by atoms with Gasteiger partial charge in [-0.1, -0.05) is 0 Å². The summed E-state index contributed by atoms with van der Waals surface area (Å²) in [6.07, 6.45) is 3.02. The van der Waals surface area contributed by atoms with Crippen LogP contribution in [-0.2, 0) is 10.0 Å². The van der Waals surface area contributed by atoms with Crippen molar-refractivity contribution in [2.45, 2.75) is 18.9 Å². The molecule has 1 rings (SSSR count). The molecular formula is C8H19N3O2S. The molecule has 0 radical (unpaired) electrons. The minimum absolute atomic E-state index is 0.103. The standard InChI is InChI=1S/C8H19N3O2S/c1-9-11(14(3,12)13)8-4-6-10(2)7-5-8/h8-9H,4-7H2,1-3H3. The van der Waals surface area contributed by atoms with E-state index in [4.69, 9.17) is 0 Å². The maximum Gasteiger partial charge on any atom is 0.224 e. The number of rotatable bonds is 3. The molecule has 0 unspecified atom stereocenters. The Morgan fingerprint density at radius 3 is 2.21 bits per heavy atom. The van der Waals surface area contributed by atoms with Crippen LogP contribution in [0, 0.1) is 0 Å². The van der Waals surface area contributed by atoms with Crippen LogP contribution in [-0.4, -0.2) is 57.2 Å². The minimum Gasteiger partial charge on any atom is -0.306 e. The molecule has 1 saturated heterocycles. The molecule has 1 N–H and O–H groups in total. The van der Waals surface area contributed by atoms with Crippen LogP contribution in [0.25, 0.3) is 0 Å². The Labute approximate surface area is 86.1 Å². The fraction of sp³-hybridized carbons (Fsp3) is 1.00. The van der Waals surface area contributed by atoms with E-state index in [2.05, 4.69) is 17.4 Å². The minimum atomic E-state index is -3.13. The fourth-order valence-electron chi connectivity index (χ4n) is 1.85. The molecule has 0 aromatic heterocycles. The summed E-state index contributed by atoms with van der Waals surface area (Å²) < 4.78 is 24.2. The lowest BCUT2D eigenvalue weighted by atomic mass is 10.1. The highest BCUT2D eigenvalue weighted by Crippen LogP contribution is 2.15. The molecule has 1 heterocycles. The first-order valence-corrected chi connectivity index (χ1v) is 6.65. The Hall–Kier alpha value is -0.170. The summed E-state index contributed by atoms with van der Waals surface area (Å²) in [6.45, 7) is 1.91. The van der Waals surface area contributed by atoms with E-state index in [0.717, 1.165) is 25.9 Å². The molecule has 1 aliphatic rings. The maximum atomic E-state index is 11.4. The summed E-state index contributed by atoms with van der Waals surface area (Å²) in [5.74, 6) is 0. The van der Waals surface area contributed by atoms with Gasteiger partial charge in [-0.15, -0.1) is 4.41 Å². The number of piperidine rings is 1. The smallest absolute Gasteiger partial charge is 0.224 e. The van der Waals surface area contributed by atoms with Gasteiger partial charge in [0.15, 0.2) is 0 Å². The number of likely N-dealkylation sites (tertiary alicyclic amines) is 1. The second-order valence-corrected chi connectivity index (χ2v) is 5.68. The first-order valence-electron chi connectivity index (χ1n) is 4.80. The van der Waals surface area contributed by atoms with Crippen molar-refractivity contribution in [3.05, 3.63) is 0 Å². The van der Waals surface area contributed by atoms with Gasteiger partial charge in [0.2, 0.25) is 10.0 Å². The highest BCUT2D eigenvalue weighted by atomic mass is 32.2. The van der Waals surface area contributed by atoms with Crippen LogP contribution < -0.4 is 5.43 Å². The molecule has 84 valence electrons. The number of hydrazine groups is 1. The molecule has 6 heteroatoms. The molecule has 14 heavy (non-hydrogen) atoms. The SMILES string of the molecule is CNN(C1CCN(C)CC1)S(C)(=O)=O. The zero-order valence-corrected chi connectivity index (χ0v) is 9.84. The molecule has 0 aromatic carbocycles. The van der Waals surface area contributed by atoms with E-state index in [-0.39, 0.29) is 6.04 Å². The molecule has 0 atom stereocenters. The number of nitrogens with zero attached hydrogens (tertiary/aromatic N) is 2. The fourth-order valence-corrected chi connectivity index (χ4v) is 2.93. The van der Waals surface area contributed by atoms with Crippen molar-refractivity contribution in [3.63, 3.8) is 0 Å². The monoisotopic (exact) mass is 221 g/mol. The van der Waals surface area contributed by atoms with E-state index in [0.29, 0.717) is 0 Å². The lowest BCUT2D eigenvalue weighted by molar-refractivity contribution is 0.159. The summed E-state index contributed by atoms with van der Waals surface area (Å²) in [7, 11) is 0.580. The molecule has 0 spiro atoms. The summed E-state index contributed by atoms with van der Waals surface area (Å²) in [4.78, 5) is 2.21. The van der Waals surface area contributed by atoms with Gasteiger partial charge in [0, 0.05) is 6.04 Å². The maximum absolute atomic E-state index is 11.4. The second-order valence-electron chi connectivity index (χ2n) is 3.82. The van der Waals surface area contributed by atoms with E-state index in [1.54, 1.807) is 7.05 Å². The molecule has 1 aliphatic heterocycles. The van der Waals surface area contributed by atoms with Gasteiger partial charge >= 0.3 is 0 Å². The van der Waals surface area contributed by atoms with Gasteiger partial charge in [-0.3, -0.25) is 0 Å². The summed E-state index contributed by atoms with van der Waals surface area (Å²) >= 11 is 0. The topological polar surface area (TPSA) is 52.6 Å². The van der Waals surface area contributed by atoms with Gasteiger partial charge in [0.1, 0.15) is 0 Å². The average Bonchev–Trinajstić information content (AvgIpc) is 2.07. The van der Waals surface area contributed by atoms with Crippen molar-refractivity contribution < 1.29 is 8.42 Å². The third-order valence-corrected chi connectivity index (χ3v) is 3.79. The Morgan fingerprint density at radius 1 is 1.36 bits per heavy atom. The van der Waals surface area contributed by atoms with Gasteiger partial charge < -0.3 is 4.90 Å². The van der Waals surface area contributed by atoms with Crippen molar-refractivity contribution in [1.82, 2.24) is 14.7 Å². The van der Waals surface area contributed by atoms with E-state index < -0.39 is 10.0 Å². The predicted octanol–water partition coefficient (Wildman–Crippen LogP) is -0.523. The van der Waals surface area contributed by atoms with Crippen LogP contribution in [0.1, 0.15) is 12.8 Å². The van der Waals surface area contributed by atoms with Crippen molar-refractivity contribution in [1.29, 1.82) is 0 Å². The van der Waals surface area contributed by atoms with Crippen molar-refractivity contribution in [2.75, 3.05) is 33.4 Å². The average molecular weight is 221 g/mol. The lowest BCUT2D eigenvalue weighted by Gasteiger charge is -2.35. The summed E-state index contributed by atoms with van der Waals surface area (Å²) in [5, 5.41) is 0. The summed E-state index contributed by atoms with van der Waals surface area (Å²) in [6, 6.07) is 0.103. The molecule has 0 bridgehead atoms. The van der Waals surface area contributed by atoms with Crippen LogP contribution >= 0.6 is 0 Å². The Morgan fingerprint density at radius 2 is 1.86 bits per heavy atom. The third kappa shape index (κ3) is 2.91. The van der Waals surface area contributed by atoms with Gasteiger partial charge in [-0.25, -0.2) is 13.8 Å². The lowest BCUT2D eigenvalue weighted by Crippen LogP contribution is -2.51. The molecular weight excluding hydrogens is 202 g/mol. The molecule has 0 aromatic rings. The highest BCUT2D eigenvalue weighted by Gasteiger charge is 2.28. The zero-order chi connectivity index (χ0) is 10.8. The van der Waals surface area contributed by atoms with Crippen LogP contribution in [0.2, 0.25) is 0 Å². The zero-order valence-electron chi connectivity index (χ0n) is 9.02. The van der Waals surface area contributed by atoms with Crippen LogP contribution in [0.4, 0.5) is 0 Å². The number of sulfonamides is 1. The van der Waals surface area contributed by atoms with Crippen molar-refractivity contribution >= 4 is 10.0 Å². The second kappa shape index (κ2) is 4.57. The quantitative estimate of drug-likeness (QED) is 0.651.